The van der Waals surface area contributed by atoms with Gasteiger partial charge < -0.3 is 19.5 Å². The van der Waals surface area contributed by atoms with E-state index in [1.807, 2.05) is 13.0 Å². The lowest BCUT2D eigenvalue weighted by Crippen LogP contribution is -2.32. The van der Waals surface area contributed by atoms with E-state index in [2.05, 4.69) is 10.3 Å². The Bertz CT molecular complexity index is 1080. The number of hydrogen-bond acceptors (Lipinski definition) is 6. The highest BCUT2D eigenvalue weighted by Gasteiger charge is 2.14. The number of nitrogens with zero attached hydrogens (tertiary/aromatic N) is 2. The van der Waals surface area contributed by atoms with Crippen LogP contribution in [0.2, 0.25) is 0 Å². The van der Waals surface area contributed by atoms with E-state index >= 15 is 0 Å². The highest BCUT2D eigenvalue weighted by atomic mass is 16.5. The highest BCUT2D eigenvalue weighted by molar-refractivity contribution is 5.81. The maximum Gasteiger partial charge on any atom is 0.261 e. The number of hydrogen-bond donors (Lipinski definition) is 1. The molecule has 8 heteroatoms. The minimum absolute atomic E-state index is 0.125. The summed E-state index contributed by atoms with van der Waals surface area (Å²) in [7, 11) is 4.58. The number of nitrogens with one attached hydrogen (secondary N) is 1. The average Bonchev–Trinajstić information content (AvgIpc) is 2.73. The third-order valence-electron chi connectivity index (χ3n) is 4.58. The van der Waals surface area contributed by atoms with Gasteiger partial charge in [0.2, 0.25) is 11.7 Å². The van der Waals surface area contributed by atoms with E-state index in [-0.39, 0.29) is 24.6 Å². The lowest BCUT2D eigenvalue weighted by molar-refractivity contribution is -0.121. The van der Waals surface area contributed by atoms with Crippen molar-refractivity contribution in [3.05, 3.63) is 58.1 Å². The van der Waals surface area contributed by atoms with Gasteiger partial charge in [-0.25, -0.2) is 4.98 Å². The van der Waals surface area contributed by atoms with Crippen LogP contribution in [0.15, 0.2) is 41.5 Å². The fourth-order valence-electron chi connectivity index (χ4n) is 3.10. The van der Waals surface area contributed by atoms with Gasteiger partial charge in [-0.05, 0) is 36.2 Å². The first kappa shape index (κ1) is 20.2. The lowest BCUT2D eigenvalue weighted by atomic mass is 10.1. The van der Waals surface area contributed by atoms with Gasteiger partial charge in [-0.2, -0.15) is 0 Å². The molecule has 8 nitrogen and oxygen atoms in total. The number of aryl methyl sites for hydroxylation is 1. The smallest absolute Gasteiger partial charge is 0.261 e. The van der Waals surface area contributed by atoms with E-state index in [0.29, 0.717) is 28.2 Å². The molecule has 0 saturated carbocycles. The van der Waals surface area contributed by atoms with Gasteiger partial charge in [-0.1, -0.05) is 12.1 Å². The van der Waals surface area contributed by atoms with Crippen LogP contribution in [-0.4, -0.2) is 36.8 Å². The molecule has 29 heavy (non-hydrogen) atoms. The van der Waals surface area contributed by atoms with E-state index in [0.717, 1.165) is 11.1 Å². The molecule has 0 spiro atoms. The summed E-state index contributed by atoms with van der Waals surface area (Å²) in [5.41, 5.74) is 2.08. The Labute approximate surface area is 168 Å². The number of para-hydroxylation sites is 1. The van der Waals surface area contributed by atoms with Crippen molar-refractivity contribution in [2.75, 3.05) is 21.3 Å². The van der Waals surface area contributed by atoms with Crippen LogP contribution in [0.4, 0.5) is 0 Å². The van der Waals surface area contributed by atoms with Crippen molar-refractivity contribution >= 4 is 16.8 Å². The lowest BCUT2D eigenvalue weighted by Gasteiger charge is -2.14. The number of carbonyl (C=O) groups excluding carboxylic acids is 1. The molecule has 1 amide bonds. The second-order valence-corrected chi connectivity index (χ2v) is 6.46. The summed E-state index contributed by atoms with van der Waals surface area (Å²) in [5.74, 6) is 1.17. The first-order valence-corrected chi connectivity index (χ1v) is 8.98. The van der Waals surface area contributed by atoms with Gasteiger partial charge in [0.05, 0.1) is 38.6 Å². The van der Waals surface area contributed by atoms with Crippen molar-refractivity contribution in [3.63, 3.8) is 0 Å². The summed E-state index contributed by atoms with van der Waals surface area (Å²) in [4.78, 5) is 29.3. The molecular formula is C21H23N3O5. The Kier molecular flexibility index (Phi) is 6.01. The molecule has 0 fully saturated rings. The van der Waals surface area contributed by atoms with Gasteiger partial charge in [-0.3, -0.25) is 14.2 Å². The fraction of sp³-hybridized carbons (Fsp3) is 0.286. The van der Waals surface area contributed by atoms with Crippen LogP contribution in [0.3, 0.4) is 0 Å². The predicted octanol–water partition coefficient (Wildman–Crippen LogP) is 2.05. The molecule has 0 aliphatic carbocycles. The van der Waals surface area contributed by atoms with E-state index in [1.54, 1.807) is 24.3 Å². The summed E-state index contributed by atoms with van der Waals surface area (Å²) < 4.78 is 17.2. The van der Waals surface area contributed by atoms with Gasteiger partial charge in [-0.15, -0.1) is 0 Å². The Morgan fingerprint density at radius 1 is 1.10 bits per heavy atom. The van der Waals surface area contributed by atoms with Crippen molar-refractivity contribution in [2.24, 2.45) is 0 Å². The topological polar surface area (TPSA) is 91.7 Å². The average molecular weight is 397 g/mol. The number of aromatic nitrogens is 2. The molecule has 1 heterocycles. The first-order chi connectivity index (χ1) is 14.0. The van der Waals surface area contributed by atoms with E-state index in [9.17, 15) is 9.59 Å². The molecule has 0 atom stereocenters. The van der Waals surface area contributed by atoms with Crippen LogP contribution < -0.4 is 25.1 Å². The minimum atomic E-state index is -0.311. The number of methoxy groups -OCH3 is 3. The Morgan fingerprint density at radius 2 is 1.79 bits per heavy atom. The molecule has 0 aliphatic heterocycles. The van der Waals surface area contributed by atoms with Gasteiger partial charge in [0, 0.05) is 6.54 Å². The molecule has 152 valence electrons. The van der Waals surface area contributed by atoms with Crippen LogP contribution in [0.1, 0.15) is 11.1 Å². The van der Waals surface area contributed by atoms with Crippen LogP contribution in [-0.2, 0) is 17.9 Å². The normalized spacial score (nSPS) is 10.6. The van der Waals surface area contributed by atoms with Crippen molar-refractivity contribution in [1.29, 1.82) is 0 Å². The summed E-state index contributed by atoms with van der Waals surface area (Å²) >= 11 is 0. The molecular weight excluding hydrogens is 374 g/mol. The zero-order valence-electron chi connectivity index (χ0n) is 16.8. The zero-order valence-corrected chi connectivity index (χ0v) is 16.8. The zero-order chi connectivity index (χ0) is 21.0. The number of carbonyl (C=O) groups is 1. The molecule has 2 aromatic carbocycles. The summed E-state index contributed by atoms with van der Waals surface area (Å²) in [6, 6.07) is 8.92. The van der Waals surface area contributed by atoms with E-state index in [1.165, 1.54) is 32.2 Å². The largest absolute Gasteiger partial charge is 0.493 e. The molecule has 3 rings (SSSR count). The molecule has 0 radical (unpaired) electrons. The van der Waals surface area contributed by atoms with E-state index < -0.39 is 0 Å². The van der Waals surface area contributed by atoms with Crippen molar-refractivity contribution in [2.45, 2.75) is 20.0 Å². The monoisotopic (exact) mass is 397 g/mol. The fourth-order valence-corrected chi connectivity index (χ4v) is 3.10. The Hall–Kier alpha value is -3.55. The molecule has 0 saturated heterocycles. The summed E-state index contributed by atoms with van der Waals surface area (Å²) in [6.45, 7) is 2.01. The van der Waals surface area contributed by atoms with Crippen LogP contribution >= 0.6 is 0 Å². The molecule has 3 aromatic rings. The molecule has 0 bridgehead atoms. The van der Waals surface area contributed by atoms with Gasteiger partial charge in [0.25, 0.3) is 5.56 Å². The molecule has 0 aliphatic rings. The van der Waals surface area contributed by atoms with Crippen LogP contribution in [0, 0.1) is 6.92 Å². The Morgan fingerprint density at radius 3 is 2.41 bits per heavy atom. The van der Waals surface area contributed by atoms with Crippen molar-refractivity contribution < 1.29 is 19.0 Å². The molecule has 1 N–H and O–H groups in total. The SMILES string of the molecule is COc1cc(CNC(=O)Cn2cnc3c(C)cccc3c2=O)cc(OC)c1OC. The quantitative estimate of drug-likeness (QED) is 0.656. The number of benzene rings is 2. The Balaban J connectivity index is 1.75. The second-order valence-electron chi connectivity index (χ2n) is 6.46. The maximum absolute atomic E-state index is 12.6. The summed E-state index contributed by atoms with van der Waals surface area (Å²) in [5, 5.41) is 3.29. The standard InChI is InChI=1S/C21H23N3O5/c1-13-6-5-7-15-19(13)23-12-24(21(15)26)11-18(25)22-10-14-8-16(27-2)20(29-4)17(9-14)28-3/h5-9,12H,10-11H2,1-4H3,(H,22,25). The molecule has 0 unspecified atom stereocenters. The highest BCUT2D eigenvalue weighted by Crippen LogP contribution is 2.38. The third kappa shape index (κ3) is 4.16. The van der Waals surface area contributed by atoms with Gasteiger partial charge in [0.15, 0.2) is 11.5 Å². The number of fused-ring (bicyclic) bond motifs is 1. The van der Waals surface area contributed by atoms with Gasteiger partial charge in [0.1, 0.15) is 6.54 Å². The van der Waals surface area contributed by atoms with Crippen molar-refractivity contribution in [3.8, 4) is 17.2 Å². The summed E-state index contributed by atoms with van der Waals surface area (Å²) in [6.07, 6.45) is 1.40. The third-order valence-corrected chi connectivity index (χ3v) is 4.58. The van der Waals surface area contributed by atoms with Gasteiger partial charge >= 0.3 is 0 Å². The minimum Gasteiger partial charge on any atom is -0.493 e. The first-order valence-electron chi connectivity index (χ1n) is 8.98. The predicted molar refractivity (Wildman–Crippen MR) is 109 cm³/mol. The molecule has 1 aromatic heterocycles. The van der Waals surface area contributed by atoms with E-state index in [4.69, 9.17) is 14.2 Å². The maximum atomic E-state index is 12.6. The number of rotatable bonds is 7. The number of ether oxygens (including phenoxy) is 3. The van der Waals surface area contributed by atoms with Crippen LogP contribution in [0.5, 0.6) is 17.2 Å². The van der Waals surface area contributed by atoms with Crippen molar-refractivity contribution in [1.82, 2.24) is 14.9 Å². The second kappa shape index (κ2) is 8.64. The number of amides is 1. The van der Waals surface area contributed by atoms with Crippen LogP contribution in [0.25, 0.3) is 10.9 Å².